The first-order valence-corrected chi connectivity index (χ1v) is 7.11. The zero-order valence-electron chi connectivity index (χ0n) is 11.3. The molecule has 1 aromatic rings. The number of likely N-dealkylation sites (N-methyl/N-ethyl adjacent to an activating group) is 2. The normalized spacial score (nSPS) is 22.1. The van der Waals surface area contributed by atoms with Gasteiger partial charge in [0.15, 0.2) is 0 Å². The molecule has 1 aliphatic heterocycles. The van der Waals surface area contributed by atoms with Gasteiger partial charge in [0.2, 0.25) is 0 Å². The number of piperazine rings is 1. The summed E-state index contributed by atoms with van der Waals surface area (Å²) in [6.07, 6.45) is 1.85. The van der Waals surface area contributed by atoms with Gasteiger partial charge in [-0.1, -0.05) is 0 Å². The minimum Gasteiger partial charge on any atom is -0.368 e. The molecule has 2 heterocycles. The van der Waals surface area contributed by atoms with Gasteiger partial charge in [0, 0.05) is 38.4 Å². The minimum atomic E-state index is 0.540. The number of nitrogens with zero attached hydrogens (tertiary/aromatic N) is 3. The Labute approximate surface area is 118 Å². The average molecular weight is 313 g/mol. The lowest BCUT2D eigenvalue weighted by Crippen LogP contribution is -2.52. The van der Waals surface area contributed by atoms with Crippen LogP contribution in [-0.2, 0) is 0 Å². The average Bonchev–Trinajstić information content (AvgIpc) is 2.35. The van der Waals surface area contributed by atoms with Gasteiger partial charge in [-0.05, 0) is 48.6 Å². The van der Waals surface area contributed by atoms with Crippen LogP contribution in [0.25, 0.3) is 0 Å². The van der Waals surface area contributed by atoms with Crippen molar-refractivity contribution in [3.05, 3.63) is 22.3 Å². The topological polar surface area (TPSA) is 31.4 Å². The van der Waals surface area contributed by atoms with Gasteiger partial charge in [0.05, 0.1) is 4.47 Å². The van der Waals surface area contributed by atoms with Gasteiger partial charge in [0.25, 0.3) is 0 Å². The molecule has 0 amide bonds. The molecule has 1 aliphatic rings. The third-order valence-corrected chi connectivity index (χ3v) is 4.57. The fourth-order valence-corrected chi connectivity index (χ4v) is 2.57. The van der Waals surface area contributed by atoms with E-state index in [1.807, 2.05) is 12.3 Å². The molecule has 0 bridgehead atoms. The van der Waals surface area contributed by atoms with Gasteiger partial charge in [-0.25, -0.2) is 4.98 Å². The number of rotatable bonds is 3. The number of aromatic nitrogens is 1. The molecule has 0 aromatic carbocycles. The van der Waals surface area contributed by atoms with E-state index in [1.165, 1.54) is 5.56 Å². The third-order valence-electron chi connectivity index (χ3n) is 3.57. The molecular weight excluding hydrogens is 292 g/mol. The van der Waals surface area contributed by atoms with E-state index in [9.17, 15) is 0 Å². The third kappa shape index (κ3) is 3.22. The van der Waals surface area contributed by atoms with Crippen LogP contribution in [0.15, 0.2) is 16.7 Å². The van der Waals surface area contributed by atoms with Crippen molar-refractivity contribution in [2.45, 2.75) is 13.0 Å². The van der Waals surface area contributed by atoms with E-state index in [0.717, 1.165) is 36.5 Å². The lowest BCUT2D eigenvalue weighted by Gasteiger charge is -2.37. The first-order chi connectivity index (χ1) is 8.58. The van der Waals surface area contributed by atoms with E-state index in [-0.39, 0.29) is 0 Å². The molecule has 1 atom stereocenters. The molecule has 2 rings (SSSR count). The molecule has 100 valence electrons. The quantitative estimate of drug-likeness (QED) is 0.922. The first kappa shape index (κ1) is 13.8. The van der Waals surface area contributed by atoms with Gasteiger partial charge in [-0.2, -0.15) is 0 Å². The van der Waals surface area contributed by atoms with E-state index in [1.54, 1.807) is 0 Å². The monoisotopic (exact) mass is 312 g/mol. The summed E-state index contributed by atoms with van der Waals surface area (Å²) in [5.41, 5.74) is 1.21. The second-order valence-corrected chi connectivity index (χ2v) is 5.86. The van der Waals surface area contributed by atoms with Crippen molar-refractivity contribution in [3.63, 3.8) is 0 Å². The highest BCUT2D eigenvalue weighted by Crippen LogP contribution is 2.23. The van der Waals surface area contributed by atoms with Crippen LogP contribution in [-0.4, -0.2) is 61.1 Å². The number of nitrogens with one attached hydrogen (secondary N) is 1. The molecule has 18 heavy (non-hydrogen) atoms. The van der Waals surface area contributed by atoms with Crippen LogP contribution in [0.5, 0.6) is 0 Å². The molecule has 0 radical (unpaired) electrons. The van der Waals surface area contributed by atoms with Gasteiger partial charge in [0.1, 0.15) is 5.82 Å². The maximum Gasteiger partial charge on any atom is 0.140 e. The fraction of sp³-hybridized carbons (Fsp3) is 0.615. The summed E-state index contributed by atoms with van der Waals surface area (Å²) in [5.74, 6) is 0.941. The van der Waals surface area contributed by atoms with Crippen molar-refractivity contribution < 1.29 is 0 Å². The summed E-state index contributed by atoms with van der Waals surface area (Å²) >= 11 is 3.58. The molecule has 0 saturated carbocycles. The van der Waals surface area contributed by atoms with Crippen molar-refractivity contribution in [1.29, 1.82) is 0 Å². The molecule has 5 heteroatoms. The van der Waals surface area contributed by atoms with Crippen molar-refractivity contribution in [3.8, 4) is 0 Å². The van der Waals surface area contributed by atoms with Crippen LogP contribution >= 0.6 is 15.9 Å². The van der Waals surface area contributed by atoms with E-state index in [2.05, 4.69) is 57.0 Å². The second-order valence-electron chi connectivity index (χ2n) is 5.07. The molecule has 1 aromatic heterocycles. The zero-order valence-corrected chi connectivity index (χ0v) is 12.9. The summed E-state index contributed by atoms with van der Waals surface area (Å²) in [4.78, 5) is 9.17. The second kappa shape index (κ2) is 5.99. The molecule has 0 aliphatic carbocycles. The minimum absolute atomic E-state index is 0.540. The lowest BCUT2D eigenvalue weighted by molar-refractivity contribution is 0.122. The van der Waals surface area contributed by atoms with Crippen LogP contribution in [0.3, 0.4) is 0 Å². The largest absolute Gasteiger partial charge is 0.368 e. The van der Waals surface area contributed by atoms with E-state index in [0.29, 0.717) is 6.04 Å². The summed E-state index contributed by atoms with van der Waals surface area (Å²) in [5, 5.41) is 3.45. The number of pyridine rings is 1. The summed E-state index contributed by atoms with van der Waals surface area (Å²) in [7, 11) is 4.37. The SMILES string of the molecule is Cc1ccnc(NCC2CN(C)CCN2C)c1Br. The number of hydrogen-bond acceptors (Lipinski definition) is 4. The highest BCUT2D eigenvalue weighted by atomic mass is 79.9. The number of aryl methyl sites for hydroxylation is 1. The smallest absolute Gasteiger partial charge is 0.140 e. The van der Waals surface area contributed by atoms with Gasteiger partial charge < -0.3 is 10.2 Å². The summed E-state index contributed by atoms with van der Waals surface area (Å²) in [6, 6.07) is 2.55. The van der Waals surface area contributed by atoms with Crippen LogP contribution in [0.2, 0.25) is 0 Å². The molecule has 4 nitrogen and oxygen atoms in total. The maximum absolute atomic E-state index is 4.38. The predicted molar refractivity (Wildman–Crippen MR) is 79.1 cm³/mol. The van der Waals surface area contributed by atoms with Gasteiger partial charge in [-0.15, -0.1) is 0 Å². The Morgan fingerprint density at radius 2 is 2.22 bits per heavy atom. The van der Waals surface area contributed by atoms with E-state index >= 15 is 0 Å². The summed E-state index contributed by atoms with van der Waals surface area (Å²) < 4.78 is 1.07. The Morgan fingerprint density at radius 3 is 3.00 bits per heavy atom. The zero-order chi connectivity index (χ0) is 13.1. The van der Waals surface area contributed by atoms with Crippen molar-refractivity contribution >= 4 is 21.7 Å². The van der Waals surface area contributed by atoms with Crippen molar-refractivity contribution in [2.24, 2.45) is 0 Å². The lowest BCUT2D eigenvalue weighted by atomic mass is 10.2. The van der Waals surface area contributed by atoms with Crippen LogP contribution in [0.4, 0.5) is 5.82 Å². The van der Waals surface area contributed by atoms with Gasteiger partial charge in [-0.3, -0.25) is 4.90 Å². The predicted octanol–water partition coefficient (Wildman–Crippen LogP) is 1.81. The Kier molecular flexibility index (Phi) is 4.59. The Bertz CT molecular complexity index is 410. The maximum atomic E-state index is 4.38. The molecule has 1 fully saturated rings. The summed E-state index contributed by atoms with van der Waals surface area (Å²) in [6.45, 7) is 6.39. The Hall–Kier alpha value is -0.650. The first-order valence-electron chi connectivity index (χ1n) is 6.31. The van der Waals surface area contributed by atoms with Crippen molar-refractivity contribution in [1.82, 2.24) is 14.8 Å². The van der Waals surface area contributed by atoms with E-state index in [4.69, 9.17) is 0 Å². The van der Waals surface area contributed by atoms with Crippen LogP contribution in [0.1, 0.15) is 5.56 Å². The molecule has 1 saturated heterocycles. The standard InChI is InChI=1S/C13H21BrN4/c1-10-4-5-15-13(12(10)14)16-8-11-9-17(2)6-7-18(11)3/h4-5,11H,6-9H2,1-3H3,(H,15,16). The van der Waals surface area contributed by atoms with Gasteiger partial charge >= 0.3 is 0 Å². The Balaban J connectivity index is 1.96. The fourth-order valence-electron chi connectivity index (χ4n) is 2.20. The Morgan fingerprint density at radius 1 is 1.44 bits per heavy atom. The number of hydrogen-bond donors (Lipinski definition) is 1. The molecule has 0 spiro atoms. The van der Waals surface area contributed by atoms with Crippen LogP contribution < -0.4 is 5.32 Å². The highest BCUT2D eigenvalue weighted by Gasteiger charge is 2.22. The van der Waals surface area contributed by atoms with E-state index < -0.39 is 0 Å². The molecule has 1 N–H and O–H groups in total. The highest BCUT2D eigenvalue weighted by molar-refractivity contribution is 9.10. The molecule has 1 unspecified atom stereocenters. The van der Waals surface area contributed by atoms with Crippen LogP contribution in [0, 0.1) is 6.92 Å². The number of halogens is 1. The molecular formula is C13H21BrN4. The number of anilines is 1. The van der Waals surface area contributed by atoms with Crippen molar-refractivity contribution in [2.75, 3.05) is 45.6 Å².